The molecule has 1 fully saturated rings. The number of benzene rings is 2. The molecule has 1 aliphatic rings. The lowest BCUT2D eigenvalue weighted by Crippen LogP contribution is -2.43. The zero-order chi connectivity index (χ0) is 18.7. The van der Waals surface area contributed by atoms with E-state index in [0.717, 1.165) is 4.90 Å². The van der Waals surface area contributed by atoms with Crippen molar-refractivity contribution in [2.75, 3.05) is 18.1 Å². The van der Waals surface area contributed by atoms with E-state index in [0.29, 0.717) is 30.1 Å². The van der Waals surface area contributed by atoms with Crippen LogP contribution in [-0.4, -0.2) is 37.5 Å². The lowest BCUT2D eigenvalue weighted by molar-refractivity contribution is -0.119. The number of nitrogens with zero attached hydrogens (tertiary/aromatic N) is 1. The summed E-state index contributed by atoms with van der Waals surface area (Å²) >= 11 is 7.37. The maximum Gasteiger partial charge on any atom is 0.243 e. The highest BCUT2D eigenvalue weighted by Gasteiger charge is 2.39. The van der Waals surface area contributed by atoms with Crippen LogP contribution in [0.3, 0.4) is 0 Å². The predicted molar refractivity (Wildman–Crippen MR) is 105 cm³/mol. The number of hydrogen-bond donors (Lipinski definition) is 1. The van der Waals surface area contributed by atoms with Gasteiger partial charge in [-0.3, -0.25) is 4.79 Å². The molecule has 1 N–H and O–H groups in total. The van der Waals surface area contributed by atoms with Gasteiger partial charge in [0.25, 0.3) is 0 Å². The molecule has 0 bridgehead atoms. The monoisotopic (exact) mass is 410 g/mol. The van der Waals surface area contributed by atoms with Gasteiger partial charge in [-0.2, -0.15) is 4.31 Å². The number of hydrogen-bond acceptors (Lipinski definition) is 4. The summed E-state index contributed by atoms with van der Waals surface area (Å²) in [5.74, 6) is -0.304. The van der Waals surface area contributed by atoms with Crippen LogP contribution in [0.15, 0.2) is 58.3 Å². The molecule has 0 aromatic heterocycles. The van der Waals surface area contributed by atoms with Gasteiger partial charge in [0.2, 0.25) is 15.9 Å². The number of anilines is 1. The number of carbonyl (C=O) groups excluding carboxylic acids is 1. The third-order valence-corrected chi connectivity index (χ3v) is 7.26. The van der Waals surface area contributed by atoms with E-state index in [-0.39, 0.29) is 10.8 Å². The fraction of sp³-hybridized carbons (Fsp3) is 0.278. The van der Waals surface area contributed by atoms with Gasteiger partial charge >= 0.3 is 0 Å². The van der Waals surface area contributed by atoms with Crippen LogP contribution in [0.4, 0.5) is 5.69 Å². The maximum absolute atomic E-state index is 12.9. The van der Waals surface area contributed by atoms with Gasteiger partial charge in [0, 0.05) is 16.5 Å². The summed E-state index contributed by atoms with van der Waals surface area (Å²) in [5.41, 5.74) is 0.695. The number of para-hydroxylation sites is 1. The molecule has 0 spiro atoms. The summed E-state index contributed by atoms with van der Waals surface area (Å²) in [6.45, 7) is 0.327. The Morgan fingerprint density at radius 3 is 2.58 bits per heavy atom. The molecule has 5 nitrogen and oxygen atoms in total. The quantitative estimate of drug-likeness (QED) is 0.760. The summed E-state index contributed by atoms with van der Waals surface area (Å²) in [4.78, 5) is 13.9. The Balaban J connectivity index is 1.83. The molecule has 0 radical (unpaired) electrons. The van der Waals surface area contributed by atoms with E-state index in [4.69, 9.17) is 11.6 Å². The molecule has 0 aliphatic carbocycles. The Morgan fingerprint density at radius 2 is 1.88 bits per heavy atom. The number of nitrogens with one attached hydrogen (secondary N) is 1. The predicted octanol–water partition coefficient (Wildman–Crippen LogP) is 3.85. The molecule has 0 saturated carbocycles. The van der Waals surface area contributed by atoms with Crippen LogP contribution in [0, 0.1) is 0 Å². The molecular formula is C18H19ClN2O3S2. The summed E-state index contributed by atoms with van der Waals surface area (Å²) < 4.78 is 27.2. The largest absolute Gasteiger partial charge is 0.324 e. The third kappa shape index (κ3) is 3.91. The van der Waals surface area contributed by atoms with Gasteiger partial charge in [0.05, 0.1) is 10.6 Å². The molecule has 2 aromatic carbocycles. The Hall–Kier alpha value is -1.54. The van der Waals surface area contributed by atoms with Crippen molar-refractivity contribution in [1.29, 1.82) is 0 Å². The molecule has 1 unspecified atom stereocenters. The van der Waals surface area contributed by atoms with E-state index in [1.165, 1.54) is 40.3 Å². The molecule has 2 aromatic rings. The van der Waals surface area contributed by atoms with Crippen molar-refractivity contribution in [3.8, 4) is 0 Å². The van der Waals surface area contributed by atoms with Gasteiger partial charge in [-0.05, 0) is 55.5 Å². The van der Waals surface area contributed by atoms with E-state index in [9.17, 15) is 13.2 Å². The fourth-order valence-electron chi connectivity index (χ4n) is 3.00. The van der Waals surface area contributed by atoms with Crippen molar-refractivity contribution in [3.63, 3.8) is 0 Å². The SMILES string of the molecule is CSc1ccccc1NC(=O)C1CCCN1S(=O)(=O)c1ccc(Cl)cc1. The first-order chi connectivity index (χ1) is 12.4. The number of amides is 1. The average molecular weight is 411 g/mol. The second-order valence-electron chi connectivity index (χ2n) is 5.92. The van der Waals surface area contributed by atoms with Crippen molar-refractivity contribution in [2.45, 2.75) is 28.7 Å². The number of rotatable bonds is 5. The Bertz CT molecular complexity index is 901. The highest BCUT2D eigenvalue weighted by Crippen LogP contribution is 2.29. The molecule has 26 heavy (non-hydrogen) atoms. The van der Waals surface area contributed by atoms with E-state index < -0.39 is 16.1 Å². The number of halogens is 1. The van der Waals surface area contributed by atoms with Gasteiger partial charge in [-0.15, -0.1) is 11.8 Å². The number of carbonyl (C=O) groups is 1. The first-order valence-electron chi connectivity index (χ1n) is 8.15. The minimum absolute atomic E-state index is 0.145. The topological polar surface area (TPSA) is 66.5 Å². The molecule has 1 aliphatic heterocycles. The summed E-state index contributed by atoms with van der Waals surface area (Å²) in [6.07, 6.45) is 3.08. The van der Waals surface area contributed by atoms with Gasteiger partial charge in [0.1, 0.15) is 6.04 Å². The first kappa shape index (κ1) is 19.2. The molecule has 138 valence electrons. The van der Waals surface area contributed by atoms with E-state index in [1.54, 1.807) is 0 Å². The highest BCUT2D eigenvalue weighted by atomic mass is 35.5. The van der Waals surface area contributed by atoms with Crippen molar-refractivity contribution < 1.29 is 13.2 Å². The van der Waals surface area contributed by atoms with Gasteiger partial charge in [-0.25, -0.2) is 8.42 Å². The fourth-order valence-corrected chi connectivity index (χ4v) is 5.33. The lowest BCUT2D eigenvalue weighted by Gasteiger charge is -2.23. The second-order valence-corrected chi connectivity index (χ2v) is 9.09. The molecule has 1 amide bonds. The molecule has 1 saturated heterocycles. The normalized spacial score (nSPS) is 18.0. The van der Waals surface area contributed by atoms with E-state index in [2.05, 4.69) is 5.32 Å². The Morgan fingerprint density at radius 1 is 1.19 bits per heavy atom. The standard InChI is InChI=1S/C18H19ClN2O3S2/c1-25-17-7-3-2-5-15(17)20-18(22)16-6-4-12-21(16)26(23,24)14-10-8-13(19)9-11-14/h2-3,5,7-11,16H,4,6,12H2,1H3,(H,20,22). The van der Waals surface area contributed by atoms with Crippen molar-refractivity contribution >= 4 is 45.0 Å². The van der Waals surface area contributed by atoms with Gasteiger partial charge in [-0.1, -0.05) is 23.7 Å². The number of sulfonamides is 1. The van der Waals surface area contributed by atoms with Crippen LogP contribution in [0.25, 0.3) is 0 Å². The molecule has 3 rings (SSSR count). The minimum Gasteiger partial charge on any atom is -0.324 e. The van der Waals surface area contributed by atoms with E-state index >= 15 is 0 Å². The number of thioether (sulfide) groups is 1. The first-order valence-corrected chi connectivity index (χ1v) is 11.2. The van der Waals surface area contributed by atoms with Gasteiger partial charge < -0.3 is 5.32 Å². The molecule has 1 heterocycles. The van der Waals surface area contributed by atoms with Crippen LogP contribution in [0.2, 0.25) is 5.02 Å². The van der Waals surface area contributed by atoms with Crippen LogP contribution in [0.1, 0.15) is 12.8 Å². The van der Waals surface area contributed by atoms with Crippen LogP contribution in [0.5, 0.6) is 0 Å². The summed E-state index contributed by atoms with van der Waals surface area (Å²) in [7, 11) is -3.75. The van der Waals surface area contributed by atoms with Crippen molar-refractivity contribution in [2.24, 2.45) is 0 Å². The van der Waals surface area contributed by atoms with Crippen LogP contribution in [-0.2, 0) is 14.8 Å². The highest BCUT2D eigenvalue weighted by molar-refractivity contribution is 7.98. The molecule has 8 heteroatoms. The summed E-state index contributed by atoms with van der Waals surface area (Å²) in [6, 6.07) is 12.8. The Kier molecular flexibility index (Phi) is 5.92. The maximum atomic E-state index is 12.9. The Labute approximate surface area is 162 Å². The van der Waals surface area contributed by atoms with Crippen molar-refractivity contribution in [3.05, 3.63) is 53.6 Å². The molecular weight excluding hydrogens is 392 g/mol. The minimum atomic E-state index is -3.75. The lowest BCUT2D eigenvalue weighted by atomic mass is 10.2. The third-order valence-electron chi connectivity index (χ3n) is 4.29. The van der Waals surface area contributed by atoms with Crippen LogP contribution >= 0.6 is 23.4 Å². The molecule has 1 atom stereocenters. The van der Waals surface area contributed by atoms with Crippen molar-refractivity contribution in [1.82, 2.24) is 4.31 Å². The average Bonchev–Trinajstić information content (AvgIpc) is 3.13. The van der Waals surface area contributed by atoms with Crippen LogP contribution < -0.4 is 5.32 Å². The van der Waals surface area contributed by atoms with E-state index in [1.807, 2.05) is 30.5 Å². The zero-order valence-corrected chi connectivity index (χ0v) is 16.6. The second kappa shape index (κ2) is 8.00. The van der Waals surface area contributed by atoms with Gasteiger partial charge in [0.15, 0.2) is 0 Å². The smallest absolute Gasteiger partial charge is 0.243 e. The summed E-state index contributed by atoms with van der Waals surface area (Å²) in [5, 5.41) is 3.35. The zero-order valence-electron chi connectivity index (χ0n) is 14.2.